The van der Waals surface area contributed by atoms with Gasteiger partial charge in [0.05, 0.1) is 0 Å². The molecule has 1 unspecified atom stereocenters. The van der Waals surface area contributed by atoms with Crippen LogP contribution < -0.4 is 5.32 Å². The van der Waals surface area contributed by atoms with Gasteiger partial charge in [-0.1, -0.05) is 33.6 Å². The third-order valence-electron chi connectivity index (χ3n) is 3.79. The maximum Gasteiger partial charge on any atom is 0.0192 e. The summed E-state index contributed by atoms with van der Waals surface area (Å²) < 4.78 is 0. The van der Waals surface area contributed by atoms with Crippen molar-refractivity contribution in [2.75, 3.05) is 19.6 Å². The molecule has 0 radical (unpaired) electrons. The van der Waals surface area contributed by atoms with Gasteiger partial charge in [0.2, 0.25) is 0 Å². The molecule has 0 spiro atoms. The predicted molar refractivity (Wildman–Crippen MR) is 71.8 cm³/mol. The van der Waals surface area contributed by atoms with Crippen LogP contribution in [0.2, 0.25) is 0 Å². The Labute approximate surface area is 102 Å². The Bertz CT molecular complexity index is 172. The quantitative estimate of drug-likeness (QED) is 0.749. The second-order valence-electron chi connectivity index (χ2n) is 5.68. The zero-order chi connectivity index (χ0) is 12.0. The molecule has 16 heavy (non-hydrogen) atoms. The first-order chi connectivity index (χ1) is 7.63. The number of piperidine rings is 1. The Kier molecular flexibility index (Phi) is 6.37. The van der Waals surface area contributed by atoms with Gasteiger partial charge in [-0.15, -0.1) is 0 Å². The van der Waals surface area contributed by atoms with Gasteiger partial charge in [-0.05, 0) is 38.8 Å². The topological polar surface area (TPSA) is 15.3 Å². The molecule has 0 aliphatic carbocycles. The second kappa shape index (κ2) is 7.29. The molecule has 1 fully saturated rings. The summed E-state index contributed by atoms with van der Waals surface area (Å²) in [6.45, 7) is 12.9. The van der Waals surface area contributed by atoms with Gasteiger partial charge in [0, 0.05) is 18.6 Å². The zero-order valence-electron chi connectivity index (χ0n) is 11.6. The molecule has 1 aliphatic heterocycles. The van der Waals surface area contributed by atoms with Crippen LogP contribution in [0.5, 0.6) is 0 Å². The molecule has 2 nitrogen and oxygen atoms in total. The normalized spacial score (nSPS) is 21.6. The fourth-order valence-corrected chi connectivity index (χ4v) is 2.63. The molecule has 1 heterocycles. The van der Waals surface area contributed by atoms with Crippen LogP contribution in [0.15, 0.2) is 0 Å². The number of hydrogen-bond acceptors (Lipinski definition) is 2. The lowest BCUT2D eigenvalue weighted by atomic mass is 9.92. The molecular formula is C14H30N2. The Morgan fingerprint density at radius 2 is 1.81 bits per heavy atom. The molecule has 1 saturated heterocycles. The summed E-state index contributed by atoms with van der Waals surface area (Å²) in [5, 5.41) is 3.54. The summed E-state index contributed by atoms with van der Waals surface area (Å²) in [6.07, 6.45) is 5.63. The summed E-state index contributed by atoms with van der Waals surface area (Å²) in [5.41, 5.74) is 0. The number of nitrogens with one attached hydrogen (secondary N) is 1. The van der Waals surface area contributed by atoms with E-state index in [2.05, 4.69) is 37.9 Å². The van der Waals surface area contributed by atoms with Crippen molar-refractivity contribution in [2.24, 2.45) is 5.92 Å². The number of likely N-dealkylation sites (tertiary alicyclic amines) is 1. The maximum atomic E-state index is 3.54. The molecule has 2 heteroatoms. The van der Waals surface area contributed by atoms with Crippen molar-refractivity contribution in [3.63, 3.8) is 0 Å². The largest absolute Gasteiger partial charge is 0.313 e. The minimum atomic E-state index is 0.611. The molecule has 0 aromatic rings. The third-order valence-corrected chi connectivity index (χ3v) is 3.79. The summed E-state index contributed by atoms with van der Waals surface area (Å²) in [5.74, 6) is 1.01. The van der Waals surface area contributed by atoms with Crippen molar-refractivity contribution in [1.29, 1.82) is 0 Å². The smallest absolute Gasteiger partial charge is 0.0192 e. The number of nitrogens with zero attached hydrogens (tertiary/aromatic N) is 1. The van der Waals surface area contributed by atoms with Crippen molar-refractivity contribution < 1.29 is 0 Å². The van der Waals surface area contributed by atoms with Gasteiger partial charge in [0.25, 0.3) is 0 Å². The van der Waals surface area contributed by atoms with E-state index >= 15 is 0 Å². The average Bonchev–Trinajstić information content (AvgIpc) is 2.27. The van der Waals surface area contributed by atoms with Crippen LogP contribution in [0.3, 0.4) is 0 Å². The predicted octanol–water partition coefficient (Wildman–Crippen LogP) is 2.89. The minimum Gasteiger partial charge on any atom is -0.313 e. The van der Waals surface area contributed by atoms with E-state index < -0.39 is 0 Å². The fraction of sp³-hybridized carbons (Fsp3) is 1.00. The third kappa shape index (κ3) is 4.84. The molecule has 1 N–H and O–H groups in total. The summed E-state index contributed by atoms with van der Waals surface area (Å²) >= 11 is 0. The highest BCUT2D eigenvalue weighted by Crippen LogP contribution is 2.22. The van der Waals surface area contributed by atoms with Gasteiger partial charge in [-0.3, -0.25) is 4.90 Å². The van der Waals surface area contributed by atoms with E-state index in [1.54, 1.807) is 0 Å². The van der Waals surface area contributed by atoms with Gasteiger partial charge >= 0.3 is 0 Å². The Morgan fingerprint density at radius 1 is 1.19 bits per heavy atom. The lowest BCUT2D eigenvalue weighted by Gasteiger charge is -2.36. The average molecular weight is 226 g/mol. The first-order valence-corrected chi connectivity index (χ1v) is 7.11. The summed E-state index contributed by atoms with van der Waals surface area (Å²) in [7, 11) is 0. The maximum absolute atomic E-state index is 3.54. The molecule has 96 valence electrons. The standard InChI is InChI=1S/C14H30N2/c1-5-6-14-7-9-16(10-8-14)13(4)11-15-12(2)3/h12-15H,5-11H2,1-4H3. The van der Waals surface area contributed by atoms with E-state index in [1.165, 1.54) is 38.8 Å². The Hall–Kier alpha value is -0.0800. The molecular weight excluding hydrogens is 196 g/mol. The molecule has 0 bridgehead atoms. The van der Waals surface area contributed by atoms with Crippen LogP contribution in [0.4, 0.5) is 0 Å². The van der Waals surface area contributed by atoms with E-state index in [9.17, 15) is 0 Å². The van der Waals surface area contributed by atoms with Gasteiger partial charge in [0.15, 0.2) is 0 Å². The lowest BCUT2D eigenvalue weighted by molar-refractivity contribution is 0.134. The van der Waals surface area contributed by atoms with E-state index in [0.29, 0.717) is 12.1 Å². The van der Waals surface area contributed by atoms with Crippen LogP contribution in [0.25, 0.3) is 0 Å². The summed E-state index contributed by atoms with van der Waals surface area (Å²) in [4.78, 5) is 2.65. The van der Waals surface area contributed by atoms with Crippen molar-refractivity contribution in [3.8, 4) is 0 Å². The SMILES string of the molecule is CCCC1CCN(C(C)CNC(C)C)CC1. The van der Waals surface area contributed by atoms with Crippen molar-refractivity contribution in [1.82, 2.24) is 10.2 Å². The highest BCUT2D eigenvalue weighted by atomic mass is 15.2. The first-order valence-electron chi connectivity index (χ1n) is 7.11. The fourth-order valence-electron chi connectivity index (χ4n) is 2.63. The highest BCUT2D eigenvalue weighted by Gasteiger charge is 2.21. The molecule has 0 saturated carbocycles. The molecule has 1 aliphatic rings. The summed E-state index contributed by atoms with van der Waals surface area (Å²) in [6, 6.07) is 1.31. The van der Waals surface area contributed by atoms with Crippen LogP contribution in [-0.2, 0) is 0 Å². The second-order valence-corrected chi connectivity index (χ2v) is 5.68. The van der Waals surface area contributed by atoms with Crippen LogP contribution in [0.1, 0.15) is 53.4 Å². The van der Waals surface area contributed by atoms with E-state index in [-0.39, 0.29) is 0 Å². The van der Waals surface area contributed by atoms with E-state index in [0.717, 1.165) is 12.5 Å². The minimum absolute atomic E-state index is 0.611. The number of hydrogen-bond donors (Lipinski definition) is 1. The monoisotopic (exact) mass is 226 g/mol. The first kappa shape index (κ1) is 14.0. The Balaban J connectivity index is 2.19. The van der Waals surface area contributed by atoms with Gasteiger partial charge in [-0.25, -0.2) is 0 Å². The van der Waals surface area contributed by atoms with Crippen molar-refractivity contribution in [3.05, 3.63) is 0 Å². The van der Waals surface area contributed by atoms with Crippen molar-refractivity contribution in [2.45, 2.75) is 65.5 Å². The van der Waals surface area contributed by atoms with Crippen LogP contribution >= 0.6 is 0 Å². The number of rotatable bonds is 6. The zero-order valence-corrected chi connectivity index (χ0v) is 11.6. The molecule has 0 aromatic heterocycles. The molecule has 1 rings (SSSR count). The van der Waals surface area contributed by atoms with Gasteiger partial charge in [-0.2, -0.15) is 0 Å². The lowest BCUT2D eigenvalue weighted by Crippen LogP contribution is -2.45. The molecule has 0 aromatic carbocycles. The Morgan fingerprint density at radius 3 is 2.31 bits per heavy atom. The van der Waals surface area contributed by atoms with E-state index in [1.807, 2.05) is 0 Å². The highest BCUT2D eigenvalue weighted by molar-refractivity contribution is 4.77. The van der Waals surface area contributed by atoms with Gasteiger partial charge < -0.3 is 5.32 Å². The van der Waals surface area contributed by atoms with Crippen LogP contribution in [0, 0.1) is 5.92 Å². The molecule has 1 atom stereocenters. The van der Waals surface area contributed by atoms with Crippen molar-refractivity contribution >= 4 is 0 Å². The van der Waals surface area contributed by atoms with E-state index in [4.69, 9.17) is 0 Å². The van der Waals surface area contributed by atoms with Gasteiger partial charge in [0.1, 0.15) is 0 Å². The van der Waals surface area contributed by atoms with Crippen LogP contribution in [-0.4, -0.2) is 36.6 Å². The molecule has 0 amide bonds.